The number of anilines is 1. The fraction of sp³-hybridized carbons (Fsp3) is 0.300. The number of nitro benzene ring substituents is 1. The third-order valence-corrected chi connectivity index (χ3v) is 2.25. The van der Waals surface area contributed by atoms with E-state index in [0.29, 0.717) is 0 Å². The number of benzene rings is 1. The van der Waals surface area contributed by atoms with Crippen LogP contribution in [0.1, 0.15) is 10.4 Å². The number of rotatable bonds is 6. The average molecular weight is 256 g/mol. The van der Waals surface area contributed by atoms with Crippen LogP contribution in [0.2, 0.25) is 0 Å². The van der Waals surface area contributed by atoms with Gasteiger partial charge in [-0.1, -0.05) is 6.07 Å². The van der Waals surface area contributed by atoms with Gasteiger partial charge in [-0.15, -0.1) is 0 Å². The van der Waals surface area contributed by atoms with Crippen LogP contribution in [0.5, 0.6) is 0 Å². The van der Waals surface area contributed by atoms with Crippen LogP contribution in [0.4, 0.5) is 11.4 Å². The Morgan fingerprint density at radius 1 is 1.39 bits per heavy atom. The fourth-order valence-corrected chi connectivity index (χ4v) is 1.40. The summed E-state index contributed by atoms with van der Waals surface area (Å²) in [4.78, 5) is 20.9. The highest BCUT2D eigenvalue weighted by molar-refractivity contribution is 5.95. The van der Waals surface area contributed by atoms with Gasteiger partial charge in [-0.3, -0.25) is 10.1 Å². The van der Waals surface area contributed by atoms with Gasteiger partial charge in [0.1, 0.15) is 11.3 Å². The molecule has 1 aromatic carbocycles. The number of aromatic carboxylic acids is 1. The van der Waals surface area contributed by atoms with E-state index in [1.165, 1.54) is 12.1 Å². The summed E-state index contributed by atoms with van der Waals surface area (Å²) < 4.78 is 0. The Hall–Kier alpha value is -2.19. The van der Waals surface area contributed by atoms with Gasteiger partial charge in [-0.25, -0.2) is 4.79 Å². The zero-order valence-corrected chi connectivity index (χ0v) is 9.24. The van der Waals surface area contributed by atoms with Crippen molar-refractivity contribution in [2.45, 2.75) is 6.04 Å². The quantitative estimate of drug-likeness (QED) is 0.417. The fourth-order valence-electron chi connectivity index (χ4n) is 1.40. The first-order chi connectivity index (χ1) is 8.51. The highest BCUT2D eigenvalue weighted by Gasteiger charge is 2.25. The van der Waals surface area contributed by atoms with Gasteiger partial charge in [0.15, 0.2) is 0 Å². The lowest BCUT2D eigenvalue weighted by atomic mass is 10.1. The molecule has 0 radical (unpaired) electrons. The summed E-state index contributed by atoms with van der Waals surface area (Å²) in [5, 5.41) is 40.0. The maximum Gasteiger partial charge on any atom is 0.342 e. The molecule has 0 aliphatic heterocycles. The van der Waals surface area contributed by atoms with Crippen LogP contribution in [-0.4, -0.2) is 45.5 Å². The topological polar surface area (TPSA) is 133 Å². The molecule has 0 unspecified atom stereocenters. The van der Waals surface area contributed by atoms with Gasteiger partial charge in [0, 0.05) is 0 Å². The van der Waals surface area contributed by atoms with Gasteiger partial charge in [0.05, 0.1) is 24.2 Å². The van der Waals surface area contributed by atoms with Gasteiger partial charge < -0.3 is 20.6 Å². The SMILES string of the molecule is O=C(O)c1cccc(NC(CO)CO)c1[N+](=O)[O-]. The molecule has 1 rings (SSSR count). The molecule has 98 valence electrons. The number of hydrogen-bond donors (Lipinski definition) is 4. The minimum Gasteiger partial charge on any atom is -0.477 e. The standard InChI is InChI=1S/C10H12N2O6/c13-4-6(5-14)11-8-3-1-2-7(10(15)16)9(8)12(17)18/h1-3,6,11,13-14H,4-5H2,(H,15,16). The molecule has 0 aliphatic carbocycles. The van der Waals surface area contributed by atoms with Crippen molar-refractivity contribution in [2.75, 3.05) is 18.5 Å². The second-order valence-electron chi connectivity index (χ2n) is 3.47. The number of carboxylic acid groups (broad SMARTS) is 1. The van der Waals surface area contributed by atoms with Crippen LogP contribution in [0.3, 0.4) is 0 Å². The Bertz CT molecular complexity index is 458. The Morgan fingerprint density at radius 2 is 2.00 bits per heavy atom. The number of hydrogen-bond acceptors (Lipinski definition) is 6. The maximum absolute atomic E-state index is 10.9. The van der Waals surface area contributed by atoms with E-state index in [2.05, 4.69) is 5.32 Å². The summed E-state index contributed by atoms with van der Waals surface area (Å²) in [6.07, 6.45) is 0. The molecular weight excluding hydrogens is 244 g/mol. The van der Waals surface area contributed by atoms with Crippen molar-refractivity contribution < 1.29 is 25.0 Å². The monoisotopic (exact) mass is 256 g/mol. The third-order valence-electron chi connectivity index (χ3n) is 2.25. The minimum absolute atomic E-state index is 0.0620. The second-order valence-corrected chi connectivity index (χ2v) is 3.47. The number of aliphatic hydroxyl groups excluding tert-OH is 2. The van der Waals surface area contributed by atoms with Gasteiger partial charge in [-0.05, 0) is 12.1 Å². The van der Waals surface area contributed by atoms with Crippen LogP contribution in [0, 0.1) is 10.1 Å². The normalized spacial score (nSPS) is 10.4. The first-order valence-electron chi connectivity index (χ1n) is 5.00. The van der Waals surface area contributed by atoms with Crippen LogP contribution in [-0.2, 0) is 0 Å². The van der Waals surface area contributed by atoms with Crippen molar-refractivity contribution in [3.05, 3.63) is 33.9 Å². The predicted octanol–water partition coefficient (Wildman–Crippen LogP) is 0.0581. The van der Waals surface area contributed by atoms with E-state index in [1.807, 2.05) is 0 Å². The van der Waals surface area contributed by atoms with E-state index >= 15 is 0 Å². The minimum atomic E-state index is -1.42. The second kappa shape index (κ2) is 5.94. The van der Waals surface area contributed by atoms with E-state index in [1.54, 1.807) is 0 Å². The first-order valence-corrected chi connectivity index (χ1v) is 5.00. The Kier molecular flexibility index (Phi) is 4.58. The Morgan fingerprint density at radius 3 is 2.44 bits per heavy atom. The largest absolute Gasteiger partial charge is 0.477 e. The van der Waals surface area contributed by atoms with Gasteiger partial charge in [0.25, 0.3) is 0 Å². The molecule has 0 saturated carbocycles. The van der Waals surface area contributed by atoms with Crippen molar-refractivity contribution >= 4 is 17.3 Å². The van der Waals surface area contributed by atoms with E-state index in [4.69, 9.17) is 15.3 Å². The van der Waals surface area contributed by atoms with Crippen molar-refractivity contribution in [3.8, 4) is 0 Å². The molecule has 0 heterocycles. The first kappa shape index (κ1) is 13.9. The average Bonchev–Trinajstić information content (AvgIpc) is 2.35. The number of aliphatic hydroxyl groups is 2. The van der Waals surface area contributed by atoms with Gasteiger partial charge >= 0.3 is 11.7 Å². The molecule has 0 spiro atoms. The summed E-state index contributed by atoms with van der Waals surface area (Å²) in [5.74, 6) is -1.42. The summed E-state index contributed by atoms with van der Waals surface area (Å²) in [7, 11) is 0. The lowest BCUT2D eigenvalue weighted by molar-refractivity contribution is -0.384. The highest BCUT2D eigenvalue weighted by Crippen LogP contribution is 2.29. The molecule has 0 bridgehead atoms. The molecule has 0 atom stereocenters. The van der Waals surface area contributed by atoms with Gasteiger partial charge in [0.2, 0.25) is 0 Å². The van der Waals surface area contributed by atoms with Crippen LogP contribution in [0.15, 0.2) is 18.2 Å². The smallest absolute Gasteiger partial charge is 0.342 e. The zero-order chi connectivity index (χ0) is 13.7. The summed E-state index contributed by atoms with van der Waals surface area (Å²) in [6, 6.07) is 2.96. The Balaban J connectivity index is 3.22. The molecule has 18 heavy (non-hydrogen) atoms. The van der Waals surface area contributed by atoms with Crippen LogP contribution in [0.25, 0.3) is 0 Å². The number of carboxylic acids is 1. The number of carbonyl (C=O) groups is 1. The molecule has 0 saturated heterocycles. The summed E-state index contributed by atoms with van der Waals surface area (Å²) in [5.41, 5.74) is -1.12. The molecule has 0 aliphatic rings. The van der Waals surface area contributed by atoms with E-state index in [-0.39, 0.29) is 5.69 Å². The number of nitrogens with zero attached hydrogens (tertiary/aromatic N) is 1. The number of para-hydroxylation sites is 1. The molecule has 8 heteroatoms. The highest BCUT2D eigenvalue weighted by atomic mass is 16.6. The molecule has 8 nitrogen and oxygen atoms in total. The predicted molar refractivity (Wildman–Crippen MR) is 61.6 cm³/mol. The lowest BCUT2D eigenvalue weighted by Crippen LogP contribution is -2.28. The summed E-state index contributed by atoms with van der Waals surface area (Å²) >= 11 is 0. The third kappa shape index (κ3) is 2.93. The van der Waals surface area contributed by atoms with Crippen molar-refractivity contribution in [1.82, 2.24) is 0 Å². The van der Waals surface area contributed by atoms with E-state index < -0.39 is 41.4 Å². The molecular formula is C10H12N2O6. The van der Waals surface area contributed by atoms with Crippen LogP contribution >= 0.6 is 0 Å². The van der Waals surface area contributed by atoms with E-state index in [9.17, 15) is 14.9 Å². The van der Waals surface area contributed by atoms with Crippen molar-refractivity contribution in [3.63, 3.8) is 0 Å². The van der Waals surface area contributed by atoms with Crippen molar-refractivity contribution in [1.29, 1.82) is 0 Å². The van der Waals surface area contributed by atoms with Crippen molar-refractivity contribution in [2.24, 2.45) is 0 Å². The molecule has 1 aromatic rings. The molecule has 4 N–H and O–H groups in total. The number of nitro groups is 1. The maximum atomic E-state index is 10.9. The lowest BCUT2D eigenvalue weighted by Gasteiger charge is -2.15. The van der Waals surface area contributed by atoms with E-state index in [0.717, 1.165) is 6.07 Å². The van der Waals surface area contributed by atoms with Gasteiger partial charge in [-0.2, -0.15) is 0 Å². The Labute approximate surface area is 102 Å². The van der Waals surface area contributed by atoms with Crippen LogP contribution < -0.4 is 5.32 Å². The zero-order valence-electron chi connectivity index (χ0n) is 9.24. The molecule has 0 amide bonds. The number of nitrogens with one attached hydrogen (secondary N) is 1. The summed E-state index contributed by atoms with van der Waals surface area (Å²) in [6.45, 7) is -0.879. The molecule has 0 fully saturated rings. The molecule has 0 aromatic heterocycles.